The number of rotatable bonds is 6. The SMILES string of the molecule is CCNCc1ccccc1OCC1COc2ccccc21. The fourth-order valence-electron chi connectivity index (χ4n) is 2.61. The Kier molecular flexibility index (Phi) is 4.41. The Labute approximate surface area is 125 Å². The first-order valence-electron chi connectivity index (χ1n) is 7.51. The van der Waals surface area contributed by atoms with Crippen molar-refractivity contribution in [3.05, 3.63) is 59.7 Å². The van der Waals surface area contributed by atoms with Gasteiger partial charge in [-0.3, -0.25) is 0 Å². The first kappa shape index (κ1) is 14.0. The Bertz CT molecular complexity index is 597. The van der Waals surface area contributed by atoms with Gasteiger partial charge in [-0.25, -0.2) is 0 Å². The molecule has 0 radical (unpaired) electrons. The van der Waals surface area contributed by atoms with Crippen LogP contribution in [0.1, 0.15) is 24.0 Å². The normalized spacial score (nSPS) is 16.3. The molecule has 1 aliphatic rings. The molecule has 1 heterocycles. The van der Waals surface area contributed by atoms with Crippen molar-refractivity contribution < 1.29 is 9.47 Å². The number of ether oxygens (including phenoxy) is 2. The Morgan fingerprint density at radius 3 is 2.86 bits per heavy atom. The zero-order chi connectivity index (χ0) is 14.5. The molecule has 0 aliphatic carbocycles. The molecule has 1 aliphatic heterocycles. The molecule has 1 N–H and O–H groups in total. The van der Waals surface area contributed by atoms with Crippen molar-refractivity contribution in [3.63, 3.8) is 0 Å². The summed E-state index contributed by atoms with van der Waals surface area (Å²) in [5, 5.41) is 3.34. The van der Waals surface area contributed by atoms with Gasteiger partial charge in [-0.2, -0.15) is 0 Å². The Morgan fingerprint density at radius 2 is 1.95 bits per heavy atom. The van der Waals surface area contributed by atoms with E-state index in [4.69, 9.17) is 9.47 Å². The summed E-state index contributed by atoms with van der Waals surface area (Å²) in [7, 11) is 0. The Morgan fingerprint density at radius 1 is 1.14 bits per heavy atom. The lowest BCUT2D eigenvalue weighted by Gasteiger charge is -2.14. The lowest BCUT2D eigenvalue weighted by Crippen LogP contribution is -2.15. The lowest BCUT2D eigenvalue weighted by molar-refractivity contribution is 0.246. The van der Waals surface area contributed by atoms with E-state index in [-0.39, 0.29) is 0 Å². The number of fused-ring (bicyclic) bond motifs is 1. The maximum Gasteiger partial charge on any atom is 0.123 e. The second kappa shape index (κ2) is 6.64. The average molecular weight is 283 g/mol. The first-order valence-corrected chi connectivity index (χ1v) is 7.51. The molecule has 3 rings (SSSR count). The third-order valence-corrected chi connectivity index (χ3v) is 3.78. The minimum Gasteiger partial charge on any atom is -0.493 e. The Hall–Kier alpha value is -2.00. The predicted molar refractivity (Wildman–Crippen MR) is 84.0 cm³/mol. The van der Waals surface area contributed by atoms with E-state index in [0.717, 1.165) is 24.6 Å². The highest BCUT2D eigenvalue weighted by Gasteiger charge is 2.24. The van der Waals surface area contributed by atoms with Crippen molar-refractivity contribution in [2.75, 3.05) is 19.8 Å². The first-order chi connectivity index (χ1) is 10.4. The van der Waals surface area contributed by atoms with Crippen molar-refractivity contribution in [1.29, 1.82) is 0 Å². The van der Waals surface area contributed by atoms with Crippen molar-refractivity contribution in [2.24, 2.45) is 0 Å². The molecule has 0 spiro atoms. The van der Waals surface area contributed by atoms with Gasteiger partial charge in [-0.05, 0) is 18.7 Å². The van der Waals surface area contributed by atoms with E-state index in [1.165, 1.54) is 11.1 Å². The smallest absolute Gasteiger partial charge is 0.123 e. The second-order valence-corrected chi connectivity index (χ2v) is 5.24. The van der Waals surface area contributed by atoms with Crippen LogP contribution in [0.15, 0.2) is 48.5 Å². The molecule has 1 unspecified atom stereocenters. The number of benzene rings is 2. The molecule has 1 atom stereocenters. The number of hydrogen-bond acceptors (Lipinski definition) is 3. The van der Waals surface area contributed by atoms with Crippen LogP contribution < -0.4 is 14.8 Å². The highest BCUT2D eigenvalue weighted by molar-refractivity contribution is 5.40. The van der Waals surface area contributed by atoms with Crippen molar-refractivity contribution in [1.82, 2.24) is 5.32 Å². The second-order valence-electron chi connectivity index (χ2n) is 5.24. The minimum absolute atomic E-state index is 0.313. The highest BCUT2D eigenvalue weighted by atomic mass is 16.5. The lowest BCUT2D eigenvalue weighted by atomic mass is 10.0. The van der Waals surface area contributed by atoms with Gasteiger partial charge in [0.25, 0.3) is 0 Å². The molecule has 2 aromatic rings. The molecule has 3 nitrogen and oxygen atoms in total. The Balaban J connectivity index is 1.66. The van der Waals surface area contributed by atoms with Crippen molar-refractivity contribution in [2.45, 2.75) is 19.4 Å². The zero-order valence-corrected chi connectivity index (χ0v) is 12.3. The fourth-order valence-corrected chi connectivity index (χ4v) is 2.61. The molecule has 0 saturated heterocycles. The zero-order valence-electron chi connectivity index (χ0n) is 12.3. The fraction of sp³-hybridized carbons (Fsp3) is 0.333. The summed E-state index contributed by atoms with van der Waals surface area (Å²) in [6.07, 6.45) is 0. The van der Waals surface area contributed by atoms with E-state index >= 15 is 0 Å². The van der Waals surface area contributed by atoms with E-state index in [1.54, 1.807) is 0 Å². The van der Waals surface area contributed by atoms with Crippen LogP contribution >= 0.6 is 0 Å². The van der Waals surface area contributed by atoms with E-state index in [9.17, 15) is 0 Å². The number of hydrogen-bond donors (Lipinski definition) is 1. The molecule has 110 valence electrons. The molecule has 2 aromatic carbocycles. The highest BCUT2D eigenvalue weighted by Crippen LogP contribution is 2.34. The van der Waals surface area contributed by atoms with Crippen molar-refractivity contribution in [3.8, 4) is 11.5 Å². The molecule has 0 bridgehead atoms. The van der Waals surface area contributed by atoms with Crippen LogP contribution in [-0.4, -0.2) is 19.8 Å². The van der Waals surface area contributed by atoms with Crippen LogP contribution in [0, 0.1) is 0 Å². The van der Waals surface area contributed by atoms with E-state index in [1.807, 2.05) is 30.3 Å². The molecule has 0 saturated carbocycles. The van der Waals surface area contributed by atoms with Gasteiger partial charge in [0.15, 0.2) is 0 Å². The van der Waals surface area contributed by atoms with Gasteiger partial charge in [0.1, 0.15) is 11.5 Å². The monoisotopic (exact) mass is 283 g/mol. The molecule has 0 aromatic heterocycles. The third kappa shape index (κ3) is 3.19. The van der Waals surface area contributed by atoms with Crippen LogP contribution in [-0.2, 0) is 6.54 Å². The van der Waals surface area contributed by atoms with E-state index < -0.39 is 0 Å². The largest absolute Gasteiger partial charge is 0.493 e. The maximum absolute atomic E-state index is 6.05. The maximum atomic E-state index is 6.05. The summed E-state index contributed by atoms with van der Waals surface area (Å²) in [5.74, 6) is 2.27. The molecule has 3 heteroatoms. The quantitative estimate of drug-likeness (QED) is 0.882. The summed E-state index contributed by atoms with van der Waals surface area (Å²) >= 11 is 0. The van der Waals surface area contributed by atoms with Crippen LogP contribution in [0.2, 0.25) is 0 Å². The van der Waals surface area contributed by atoms with Crippen LogP contribution in [0.25, 0.3) is 0 Å². The van der Waals surface area contributed by atoms with Crippen LogP contribution in [0.3, 0.4) is 0 Å². The number of nitrogens with one attached hydrogen (secondary N) is 1. The van der Waals surface area contributed by atoms with Crippen molar-refractivity contribution >= 4 is 0 Å². The number of para-hydroxylation sites is 2. The van der Waals surface area contributed by atoms with Crippen LogP contribution in [0.5, 0.6) is 11.5 Å². The average Bonchev–Trinajstić information content (AvgIpc) is 2.95. The van der Waals surface area contributed by atoms with E-state index in [2.05, 4.69) is 30.4 Å². The summed E-state index contributed by atoms with van der Waals surface area (Å²) in [6, 6.07) is 16.4. The molecule has 21 heavy (non-hydrogen) atoms. The van der Waals surface area contributed by atoms with Gasteiger partial charge in [0.2, 0.25) is 0 Å². The summed E-state index contributed by atoms with van der Waals surface area (Å²) in [6.45, 7) is 5.26. The van der Waals surface area contributed by atoms with Gasteiger partial charge in [-0.1, -0.05) is 43.3 Å². The van der Waals surface area contributed by atoms with Gasteiger partial charge in [-0.15, -0.1) is 0 Å². The van der Waals surface area contributed by atoms with Gasteiger partial charge in [0.05, 0.1) is 19.1 Å². The van der Waals surface area contributed by atoms with Gasteiger partial charge in [0, 0.05) is 17.7 Å². The topological polar surface area (TPSA) is 30.5 Å². The van der Waals surface area contributed by atoms with E-state index in [0.29, 0.717) is 19.1 Å². The summed E-state index contributed by atoms with van der Waals surface area (Å²) in [4.78, 5) is 0. The minimum atomic E-state index is 0.313. The summed E-state index contributed by atoms with van der Waals surface area (Å²) in [5.41, 5.74) is 2.45. The van der Waals surface area contributed by atoms with Gasteiger partial charge >= 0.3 is 0 Å². The van der Waals surface area contributed by atoms with Crippen LogP contribution in [0.4, 0.5) is 0 Å². The molecular weight excluding hydrogens is 262 g/mol. The molecular formula is C18H21NO2. The standard InChI is InChI=1S/C18H21NO2/c1-2-19-11-14-7-3-5-9-17(14)20-12-15-13-21-18-10-6-4-8-16(15)18/h3-10,15,19H,2,11-13H2,1H3. The summed E-state index contributed by atoms with van der Waals surface area (Å²) < 4.78 is 11.8. The molecule has 0 fully saturated rings. The predicted octanol–water partition coefficient (Wildman–Crippen LogP) is 3.35. The van der Waals surface area contributed by atoms with Gasteiger partial charge < -0.3 is 14.8 Å². The third-order valence-electron chi connectivity index (χ3n) is 3.78. The molecule has 0 amide bonds.